The minimum Gasteiger partial charge on any atom is -0.350 e. The van der Waals surface area contributed by atoms with Gasteiger partial charge in [-0.2, -0.15) is 9.90 Å². The summed E-state index contributed by atoms with van der Waals surface area (Å²) in [6, 6.07) is 13.2. The zero-order valence-corrected chi connectivity index (χ0v) is 19.4. The van der Waals surface area contributed by atoms with Gasteiger partial charge in [0, 0.05) is 46.7 Å². The number of aromatic nitrogens is 7. The van der Waals surface area contributed by atoms with Gasteiger partial charge in [-0.3, -0.25) is 19.6 Å². The van der Waals surface area contributed by atoms with Crippen molar-refractivity contribution in [1.82, 2.24) is 39.9 Å². The number of imide groups is 1. The minimum atomic E-state index is -0.466. The summed E-state index contributed by atoms with van der Waals surface area (Å²) >= 11 is 6.27. The van der Waals surface area contributed by atoms with Gasteiger partial charge in [-0.25, -0.2) is 0 Å². The van der Waals surface area contributed by atoms with Crippen LogP contribution in [0, 0.1) is 0 Å². The van der Waals surface area contributed by atoms with Crippen LogP contribution in [0.4, 0.5) is 0 Å². The molecule has 1 N–H and O–H groups in total. The predicted octanol–water partition coefficient (Wildman–Crippen LogP) is 2.83. The molecule has 0 saturated heterocycles. The molecule has 0 atom stereocenters. The standard InChI is InChI=1S/C24H19ClN8O2/c1-31-12-17(16-11-14(25)7-8-18(16)31)20-21(24(35)28-23(20)34)22-15-5-2-3-6-19(15)32(29-22)9-4-10-33-27-13-26-30-33/h2-3,5-8,11-13H,4,9-10H2,1H3,(H,28,34,35). The van der Waals surface area contributed by atoms with E-state index in [1.807, 2.05) is 58.9 Å². The second kappa shape index (κ2) is 8.17. The van der Waals surface area contributed by atoms with E-state index < -0.39 is 11.8 Å². The Labute approximate surface area is 203 Å². The highest BCUT2D eigenvalue weighted by atomic mass is 35.5. The van der Waals surface area contributed by atoms with Gasteiger partial charge in [0.1, 0.15) is 5.69 Å². The number of rotatable bonds is 6. The summed E-state index contributed by atoms with van der Waals surface area (Å²) in [7, 11) is 1.89. The molecule has 2 amide bonds. The number of tetrazole rings is 1. The van der Waals surface area contributed by atoms with E-state index in [2.05, 4.69) is 20.7 Å². The first-order valence-electron chi connectivity index (χ1n) is 11.0. The number of para-hydroxylation sites is 1. The first-order chi connectivity index (χ1) is 17.0. The molecular formula is C24H19ClN8O2. The Morgan fingerprint density at radius 1 is 0.971 bits per heavy atom. The summed E-state index contributed by atoms with van der Waals surface area (Å²) in [5, 5.41) is 21.0. The molecule has 0 aliphatic carbocycles. The van der Waals surface area contributed by atoms with E-state index >= 15 is 0 Å². The maximum Gasteiger partial charge on any atom is 0.261 e. The van der Waals surface area contributed by atoms with Crippen molar-refractivity contribution in [3.8, 4) is 0 Å². The van der Waals surface area contributed by atoms with Gasteiger partial charge in [0.15, 0.2) is 6.33 Å². The number of benzene rings is 2. The van der Waals surface area contributed by atoms with Crippen LogP contribution >= 0.6 is 11.6 Å². The molecule has 11 heteroatoms. The van der Waals surface area contributed by atoms with E-state index in [9.17, 15) is 9.59 Å². The molecule has 174 valence electrons. The molecule has 0 radical (unpaired) electrons. The van der Waals surface area contributed by atoms with Gasteiger partial charge >= 0.3 is 0 Å². The van der Waals surface area contributed by atoms with Crippen LogP contribution in [-0.4, -0.2) is 46.4 Å². The van der Waals surface area contributed by atoms with Gasteiger partial charge in [-0.05, 0) is 35.9 Å². The second-order valence-electron chi connectivity index (χ2n) is 8.32. The highest BCUT2D eigenvalue weighted by Gasteiger charge is 2.36. The fourth-order valence-corrected chi connectivity index (χ4v) is 4.81. The van der Waals surface area contributed by atoms with Crippen molar-refractivity contribution in [2.24, 2.45) is 7.05 Å². The normalized spacial score (nSPS) is 14.0. The lowest BCUT2D eigenvalue weighted by molar-refractivity contribution is -0.122. The number of carbonyl (C=O) groups is 2. The molecular weight excluding hydrogens is 468 g/mol. The Hall–Kier alpha value is -4.31. The van der Waals surface area contributed by atoms with Gasteiger partial charge in [0.25, 0.3) is 11.8 Å². The molecule has 1 aliphatic rings. The first kappa shape index (κ1) is 21.2. The van der Waals surface area contributed by atoms with Gasteiger partial charge in [-0.1, -0.05) is 29.8 Å². The van der Waals surface area contributed by atoms with Crippen molar-refractivity contribution in [2.45, 2.75) is 19.5 Å². The third-order valence-corrected chi connectivity index (χ3v) is 6.40. The Bertz CT molecular complexity index is 1660. The molecule has 0 unspecified atom stereocenters. The average molecular weight is 487 g/mol. The van der Waals surface area contributed by atoms with Crippen LogP contribution in [0.2, 0.25) is 5.02 Å². The van der Waals surface area contributed by atoms with Crippen molar-refractivity contribution in [1.29, 1.82) is 0 Å². The predicted molar refractivity (Wildman–Crippen MR) is 130 cm³/mol. The Morgan fingerprint density at radius 2 is 1.80 bits per heavy atom. The summed E-state index contributed by atoms with van der Waals surface area (Å²) in [4.78, 5) is 27.7. The lowest BCUT2D eigenvalue weighted by atomic mass is 9.97. The van der Waals surface area contributed by atoms with E-state index in [1.54, 1.807) is 6.07 Å². The summed E-state index contributed by atoms with van der Waals surface area (Å²) in [5.74, 6) is -0.917. The Morgan fingerprint density at radius 3 is 2.63 bits per heavy atom. The topological polar surface area (TPSA) is 113 Å². The van der Waals surface area contributed by atoms with Crippen LogP contribution in [0.25, 0.3) is 33.0 Å². The zero-order chi connectivity index (χ0) is 24.1. The number of hydrogen-bond donors (Lipinski definition) is 1. The number of fused-ring (bicyclic) bond motifs is 2. The molecule has 6 rings (SSSR count). The van der Waals surface area contributed by atoms with Gasteiger partial charge < -0.3 is 4.57 Å². The Kier molecular flexibility index (Phi) is 4.96. The molecule has 0 spiro atoms. The van der Waals surface area contributed by atoms with Crippen LogP contribution in [0.5, 0.6) is 0 Å². The third kappa shape index (κ3) is 3.50. The van der Waals surface area contributed by atoms with E-state index in [0.29, 0.717) is 41.4 Å². The third-order valence-electron chi connectivity index (χ3n) is 6.17. The molecule has 35 heavy (non-hydrogen) atoms. The molecule has 0 bridgehead atoms. The summed E-state index contributed by atoms with van der Waals surface area (Å²) < 4.78 is 3.76. The van der Waals surface area contributed by atoms with Crippen LogP contribution in [0.3, 0.4) is 0 Å². The number of amides is 2. The fraction of sp³-hybridized carbons (Fsp3) is 0.167. The van der Waals surface area contributed by atoms with Crippen LogP contribution < -0.4 is 5.32 Å². The molecule has 1 aliphatic heterocycles. The van der Waals surface area contributed by atoms with Gasteiger partial charge in [-0.15, -0.1) is 10.2 Å². The molecule has 0 fully saturated rings. The maximum absolute atomic E-state index is 13.1. The lowest BCUT2D eigenvalue weighted by Crippen LogP contribution is -2.22. The summed E-state index contributed by atoms with van der Waals surface area (Å²) in [5.41, 5.74) is 3.44. The van der Waals surface area contributed by atoms with Crippen molar-refractivity contribution >= 4 is 56.4 Å². The van der Waals surface area contributed by atoms with Crippen LogP contribution in [0.15, 0.2) is 55.0 Å². The number of halogens is 1. The molecule has 0 saturated carbocycles. The van der Waals surface area contributed by atoms with E-state index in [1.165, 1.54) is 11.1 Å². The quantitative estimate of drug-likeness (QED) is 0.369. The molecule has 10 nitrogen and oxygen atoms in total. The molecule has 2 aromatic carbocycles. The number of hydrogen-bond acceptors (Lipinski definition) is 6. The highest BCUT2D eigenvalue weighted by molar-refractivity contribution is 6.50. The molecule has 4 heterocycles. The van der Waals surface area contributed by atoms with E-state index in [4.69, 9.17) is 16.7 Å². The van der Waals surface area contributed by atoms with Crippen molar-refractivity contribution < 1.29 is 9.59 Å². The number of carbonyl (C=O) groups excluding carboxylic acids is 2. The van der Waals surface area contributed by atoms with Gasteiger partial charge in [0.2, 0.25) is 0 Å². The van der Waals surface area contributed by atoms with Crippen molar-refractivity contribution in [3.63, 3.8) is 0 Å². The minimum absolute atomic E-state index is 0.260. The lowest BCUT2D eigenvalue weighted by Gasteiger charge is -2.03. The largest absolute Gasteiger partial charge is 0.350 e. The number of aryl methyl sites for hydroxylation is 3. The van der Waals surface area contributed by atoms with Crippen LogP contribution in [-0.2, 0) is 29.7 Å². The summed E-state index contributed by atoms with van der Waals surface area (Å²) in [6.07, 6.45) is 3.95. The molecule has 5 aromatic rings. The van der Waals surface area contributed by atoms with Gasteiger partial charge in [0.05, 0.1) is 23.2 Å². The monoisotopic (exact) mass is 486 g/mol. The zero-order valence-electron chi connectivity index (χ0n) is 18.6. The second-order valence-corrected chi connectivity index (χ2v) is 8.76. The highest BCUT2D eigenvalue weighted by Crippen LogP contribution is 2.38. The number of nitrogens with one attached hydrogen (secondary N) is 1. The Balaban J connectivity index is 1.51. The van der Waals surface area contributed by atoms with E-state index in [0.717, 1.165) is 21.8 Å². The summed E-state index contributed by atoms with van der Waals surface area (Å²) in [6.45, 7) is 1.15. The average Bonchev–Trinajstić information content (AvgIpc) is 3.60. The molecule has 3 aromatic heterocycles. The fourth-order valence-electron chi connectivity index (χ4n) is 4.64. The smallest absolute Gasteiger partial charge is 0.261 e. The number of nitrogens with zero attached hydrogens (tertiary/aromatic N) is 7. The van der Waals surface area contributed by atoms with Crippen molar-refractivity contribution in [3.05, 3.63) is 71.3 Å². The van der Waals surface area contributed by atoms with Crippen LogP contribution in [0.1, 0.15) is 17.7 Å². The van der Waals surface area contributed by atoms with Crippen molar-refractivity contribution in [2.75, 3.05) is 0 Å². The van der Waals surface area contributed by atoms with E-state index in [-0.39, 0.29) is 5.57 Å². The SMILES string of the molecule is Cn1cc(C2=C(c3nn(CCCn4ncnn4)c4ccccc34)C(=O)NC2=O)c2cc(Cl)ccc21. The maximum atomic E-state index is 13.1. The first-order valence-corrected chi connectivity index (χ1v) is 11.4.